The monoisotopic (exact) mass is 126 g/mol. The molecule has 0 aliphatic rings. The molecule has 0 fully saturated rings. The van der Waals surface area contributed by atoms with Crippen molar-refractivity contribution < 1.29 is 7.65 Å². The number of carbonyl (C=O) groups is 1. The van der Waals surface area contributed by atoms with E-state index < -0.39 is 0 Å². The fourth-order valence-electron chi connectivity index (χ4n) is 0.481. The maximum atomic E-state index is 9.97. The second-order valence-electron chi connectivity index (χ2n) is 1.71. The van der Waals surface area contributed by atoms with Gasteiger partial charge in [-0.05, 0) is 12.8 Å². The molecule has 0 heterocycles. The van der Waals surface area contributed by atoms with Crippen LogP contribution in [0.4, 0.5) is 0 Å². The third kappa shape index (κ3) is 4.59. The number of aldehydes is 1. The molecule has 0 N–H and O–H groups in total. The molecule has 0 aliphatic carbocycles. The first-order valence-electron chi connectivity index (χ1n) is 2.80. The van der Waals surface area contributed by atoms with Gasteiger partial charge in [0.25, 0.3) is 0 Å². The van der Waals surface area contributed by atoms with Crippen LogP contribution >= 0.6 is 0 Å². The van der Waals surface area contributed by atoms with Gasteiger partial charge in [-0.15, -0.1) is 0 Å². The molecule has 0 aromatic carbocycles. The third-order valence-corrected chi connectivity index (χ3v) is 1.24. The first-order chi connectivity index (χ1) is 3.35. The Morgan fingerprint density at radius 2 is 1.88 bits per heavy atom. The normalized spacial score (nSPS) is 8.38. The quantitative estimate of drug-likeness (QED) is 0.413. The molecule has 0 saturated carbocycles. The second-order valence-corrected chi connectivity index (χ2v) is 1.71. The first-order valence-corrected chi connectivity index (χ1v) is 2.80. The second kappa shape index (κ2) is 7.44. The van der Waals surface area contributed by atoms with E-state index in [-0.39, 0.29) is 25.9 Å². The molecular weight excluding hydrogens is 112 g/mol. The van der Waals surface area contributed by atoms with Crippen LogP contribution in [0.5, 0.6) is 0 Å². The zero-order valence-electron chi connectivity index (χ0n) is 7.68. The molecule has 46 valence electrons. The van der Waals surface area contributed by atoms with Crippen molar-refractivity contribution in [3.05, 3.63) is 0 Å². The SMILES string of the molecule is CCC(C=O)CC.[H-].[H-].[Mg+2]. The van der Waals surface area contributed by atoms with Gasteiger partial charge in [0.05, 0.1) is 0 Å². The molecule has 0 atom stereocenters. The Morgan fingerprint density at radius 3 is 1.88 bits per heavy atom. The Hall–Kier alpha value is 0.436. The topological polar surface area (TPSA) is 17.1 Å². The van der Waals surface area contributed by atoms with Gasteiger partial charge >= 0.3 is 23.1 Å². The molecule has 0 spiro atoms. The van der Waals surface area contributed by atoms with Gasteiger partial charge in [-0.2, -0.15) is 0 Å². The average molecular weight is 126 g/mol. The summed E-state index contributed by atoms with van der Waals surface area (Å²) in [6.45, 7) is 4.06. The molecule has 0 unspecified atom stereocenters. The fourth-order valence-corrected chi connectivity index (χ4v) is 0.481. The van der Waals surface area contributed by atoms with Gasteiger partial charge in [0, 0.05) is 5.92 Å². The van der Waals surface area contributed by atoms with Crippen LogP contribution < -0.4 is 0 Å². The van der Waals surface area contributed by atoms with Crippen molar-refractivity contribution in [2.45, 2.75) is 26.7 Å². The van der Waals surface area contributed by atoms with Crippen LogP contribution in [0.1, 0.15) is 29.5 Å². The van der Waals surface area contributed by atoms with Gasteiger partial charge in [-0.3, -0.25) is 0 Å². The smallest absolute Gasteiger partial charge is 1.00 e. The molecule has 0 rings (SSSR count). The molecule has 0 bridgehead atoms. The Balaban J connectivity index is -0.0000000600. The molecule has 0 aliphatic heterocycles. The predicted molar refractivity (Wildman–Crippen MR) is 38.1 cm³/mol. The van der Waals surface area contributed by atoms with Crippen LogP contribution in [0.2, 0.25) is 0 Å². The molecule has 8 heavy (non-hydrogen) atoms. The Kier molecular flexibility index (Phi) is 10.5. The molecule has 2 heteroatoms. The number of rotatable bonds is 3. The number of hydrogen-bond acceptors (Lipinski definition) is 1. The molecule has 0 aromatic rings. The van der Waals surface area contributed by atoms with Gasteiger partial charge in [-0.25, -0.2) is 0 Å². The third-order valence-electron chi connectivity index (χ3n) is 1.24. The summed E-state index contributed by atoms with van der Waals surface area (Å²) in [6.07, 6.45) is 3.00. The van der Waals surface area contributed by atoms with E-state index in [1.165, 1.54) is 0 Å². The van der Waals surface area contributed by atoms with Gasteiger partial charge in [0.2, 0.25) is 0 Å². The first kappa shape index (κ1) is 11.3. The van der Waals surface area contributed by atoms with Crippen LogP contribution in [-0.2, 0) is 4.79 Å². The van der Waals surface area contributed by atoms with Crippen molar-refractivity contribution in [3.8, 4) is 0 Å². The van der Waals surface area contributed by atoms with Crippen molar-refractivity contribution in [2.24, 2.45) is 5.92 Å². The molecular formula is C6H14MgO. The molecule has 0 amide bonds. The zero-order chi connectivity index (χ0) is 5.70. The van der Waals surface area contributed by atoms with E-state index in [9.17, 15) is 4.79 Å². The van der Waals surface area contributed by atoms with E-state index in [0.717, 1.165) is 19.1 Å². The van der Waals surface area contributed by atoms with Gasteiger partial charge < -0.3 is 7.65 Å². The molecule has 0 saturated heterocycles. The van der Waals surface area contributed by atoms with Crippen molar-refractivity contribution in [1.29, 1.82) is 0 Å². The summed E-state index contributed by atoms with van der Waals surface area (Å²) < 4.78 is 0. The van der Waals surface area contributed by atoms with Crippen LogP contribution in [-0.4, -0.2) is 29.3 Å². The Labute approximate surface area is 70.0 Å². The Morgan fingerprint density at radius 1 is 1.50 bits per heavy atom. The van der Waals surface area contributed by atoms with Crippen molar-refractivity contribution in [1.82, 2.24) is 0 Å². The maximum Gasteiger partial charge on any atom is 2.00 e. The van der Waals surface area contributed by atoms with E-state index in [1.807, 2.05) is 13.8 Å². The van der Waals surface area contributed by atoms with Crippen LogP contribution in [0, 0.1) is 5.92 Å². The Bertz CT molecular complexity index is 57.7. The van der Waals surface area contributed by atoms with Crippen LogP contribution in [0.15, 0.2) is 0 Å². The van der Waals surface area contributed by atoms with Crippen molar-refractivity contribution >= 4 is 29.3 Å². The van der Waals surface area contributed by atoms with Crippen LogP contribution in [0.3, 0.4) is 0 Å². The van der Waals surface area contributed by atoms with E-state index in [1.54, 1.807) is 0 Å². The number of hydrogen-bond donors (Lipinski definition) is 0. The summed E-state index contributed by atoms with van der Waals surface area (Å²) in [5, 5.41) is 0. The minimum Gasteiger partial charge on any atom is -1.00 e. The number of carbonyl (C=O) groups excluding carboxylic acids is 1. The van der Waals surface area contributed by atoms with Gasteiger partial charge in [0.15, 0.2) is 0 Å². The summed E-state index contributed by atoms with van der Waals surface area (Å²) in [5.41, 5.74) is 0. The summed E-state index contributed by atoms with van der Waals surface area (Å²) >= 11 is 0. The van der Waals surface area contributed by atoms with E-state index >= 15 is 0 Å². The summed E-state index contributed by atoms with van der Waals surface area (Å²) in [7, 11) is 0. The molecule has 1 nitrogen and oxygen atoms in total. The zero-order valence-corrected chi connectivity index (χ0v) is 7.10. The van der Waals surface area contributed by atoms with Gasteiger partial charge in [0.1, 0.15) is 6.29 Å². The molecule has 0 radical (unpaired) electrons. The van der Waals surface area contributed by atoms with Gasteiger partial charge in [-0.1, -0.05) is 13.8 Å². The minimum absolute atomic E-state index is 0. The van der Waals surface area contributed by atoms with E-state index in [0.29, 0.717) is 5.92 Å². The summed E-state index contributed by atoms with van der Waals surface area (Å²) in [5.74, 6) is 0.306. The van der Waals surface area contributed by atoms with E-state index in [2.05, 4.69) is 0 Å². The maximum absolute atomic E-state index is 9.97. The summed E-state index contributed by atoms with van der Waals surface area (Å²) in [6, 6.07) is 0. The molecule has 0 aromatic heterocycles. The van der Waals surface area contributed by atoms with Crippen molar-refractivity contribution in [3.63, 3.8) is 0 Å². The predicted octanol–water partition coefficient (Wildman–Crippen LogP) is 1.47. The largest absolute Gasteiger partial charge is 2.00 e. The van der Waals surface area contributed by atoms with Crippen LogP contribution in [0.25, 0.3) is 0 Å². The fraction of sp³-hybridized carbons (Fsp3) is 0.833. The van der Waals surface area contributed by atoms with Crippen molar-refractivity contribution in [2.75, 3.05) is 0 Å². The van der Waals surface area contributed by atoms with E-state index in [4.69, 9.17) is 0 Å². The standard InChI is InChI=1S/C6H12O.Mg.2H/c1-3-6(4-2)5-7;;;/h5-6H,3-4H2,1-2H3;;;/q;+2;2*-1. The minimum atomic E-state index is 0. The average Bonchev–Trinajstić information content (AvgIpc) is 1.72. The summed E-state index contributed by atoms with van der Waals surface area (Å²) in [4.78, 5) is 9.97.